The lowest BCUT2D eigenvalue weighted by molar-refractivity contribution is -0.124. The molecule has 0 aliphatic rings. The van der Waals surface area contributed by atoms with Crippen LogP contribution in [-0.4, -0.2) is 23.8 Å². The second-order valence-corrected chi connectivity index (χ2v) is 4.32. The van der Waals surface area contributed by atoms with Gasteiger partial charge in [-0.2, -0.15) is 13.2 Å². The van der Waals surface area contributed by atoms with E-state index in [4.69, 9.17) is 0 Å². The monoisotopic (exact) mass is 256 g/mol. The number of fused-ring (bicyclic) bond motifs is 1. The molecule has 1 aromatic carbocycles. The lowest BCUT2D eigenvalue weighted by Crippen LogP contribution is -2.30. The van der Waals surface area contributed by atoms with Crippen LogP contribution in [0.25, 0.3) is 10.9 Å². The molecule has 0 aliphatic carbocycles. The number of aryl methyl sites for hydroxylation is 1. The van der Waals surface area contributed by atoms with Gasteiger partial charge in [-0.3, -0.25) is 0 Å². The molecule has 98 valence electrons. The number of alkyl halides is 3. The molecule has 0 saturated heterocycles. The van der Waals surface area contributed by atoms with E-state index in [1.807, 2.05) is 42.1 Å². The van der Waals surface area contributed by atoms with E-state index in [1.54, 1.807) is 0 Å². The zero-order valence-electron chi connectivity index (χ0n) is 10.1. The summed E-state index contributed by atoms with van der Waals surface area (Å²) in [6.07, 6.45) is -1.57. The highest BCUT2D eigenvalue weighted by atomic mass is 19.4. The summed E-state index contributed by atoms with van der Waals surface area (Å²) in [7, 11) is 1.94. The molecular weight excluding hydrogens is 241 g/mol. The molecule has 0 bridgehead atoms. The minimum Gasteiger partial charge on any atom is -0.350 e. The molecule has 0 spiro atoms. The average molecular weight is 256 g/mol. The van der Waals surface area contributed by atoms with Gasteiger partial charge in [0.05, 0.1) is 6.54 Å². The van der Waals surface area contributed by atoms with Gasteiger partial charge in [-0.15, -0.1) is 0 Å². The van der Waals surface area contributed by atoms with E-state index in [2.05, 4.69) is 5.32 Å². The van der Waals surface area contributed by atoms with Crippen molar-refractivity contribution < 1.29 is 13.2 Å². The Morgan fingerprint density at radius 2 is 1.94 bits per heavy atom. The SMILES string of the molecule is Cn1cc(CCNCC(F)(F)F)c2ccccc21. The fourth-order valence-electron chi connectivity index (χ4n) is 2.08. The van der Waals surface area contributed by atoms with Gasteiger partial charge >= 0.3 is 6.18 Å². The number of hydrogen-bond acceptors (Lipinski definition) is 1. The third-order valence-electron chi connectivity index (χ3n) is 2.88. The van der Waals surface area contributed by atoms with Crippen LogP contribution in [0.4, 0.5) is 13.2 Å². The molecule has 1 N–H and O–H groups in total. The van der Waals surface area contributed by atoms with Crippen molar-refractivity contribution >= 4 is 10.9 Å². The Hall–Kier alpha value is -1.49. The van der Waals surface area contributed by atoms with Gasteiger partial charge in [0.15, 0.2) is 0 Å². The first kappa shape index (κ1) is 13.0. The van der Waals surface area contributed by atoms with Crippen LogP contribution in [0.2, 0.25) is 0 Å². The van der Waals surface area contributed by atoms with Gasteiger partial charge in [0.1, 0.15) is 0 Å². The van der Waals surface area contributed by atoms with E-state index in [9.17, 15) is 13.2 Å². The van der Waals surface area contributed by atoms with Gasteiger partial charge in [-0.05, 0) is 24.6 Å². The van der Waals surface area contributed by atoms with Gasteiger partial charge in [0, 0.05) is 24.1 Å². The van der Waals surface area contributed by atoms with Crippen LogP contribution in [0.1, 0.15) is 5.56 Å². The summed E-state index contributed by atoms with van der Waals surface area (Å²) >= 11 is 0. The number of halogens is 3. The highest BCUT2D eigenvalue weighted by molar-refractivity contribution is 5.83. The molecule has 2 nitrogen and oxygen atoms in total. The second-order valence-electron chi connectivity index (χ2n) is 4.32. The van der Waals surface area contributed by atoms with Gasteiger partial charge in [-0.1, -0.05) is 18.2 Å². The third kappa shape index (κ3) is 3.04. The van der Waals surface area contributed by atoms with Gasteiger partial charge < -0.3 is 9.88 Å². The summed E-state index contributed by atoms with van der Waals surface area (Å²) in [5.41, 5.74) is 2.17. The molecule has 0 amide bonds. The number of benzene rings is 1. The molecule has 0 radical (unpaired) electrons. The minimum absolute atomic E-state index is 0.327. The predicted octanol–water partition coefficient (Wildman–Crippen LogP) is 2.87. The number of para-hydroxylation sites is 1. The summed E-state index contributed by atoms with van der Waals surface area (Å²) in [6, 6.07) is 7.89. The summed E-state index contributed by atoms with van der Waals surface area (Å²) in [5, 5.41) is 3.52. The van der Waals surface area contributed by atoms with Gasteiger partial charge in [0.25, 0.3) is 0 Å². The molecule has 0 unspecified atom stereocenters. The maximum absolute atomic E-state index is 12.0. The molecular formula is C13H15F3N2. The van der Waals surface area contributed by atoms with Crippen molar-refractivity contribution in [1.82, 2.24) is 9.88 Å². The molecule has 2 rings (SSSR count). The number of nitrogens with one attached hydrogen (secondary N) is 1. The van der Waals surface area contributed by atoms with E-state index < -0.39 is 12.7 Å². The fourth-order valence-corrected chi connectivity index (χ4v) is 2.08. The summed E-state index contributed by atoms with van der Waals surface area (Å²) in [5.74, 6) is 0. The van der Waals surface area contributed by atoms with Crippen molar-refractivity contribution in [2.24, 2.45) is 7.05 Å². The lowest BCUT2D eigenvalue weighted by atomic mass is 10.1. The number of aromatic nitrogens is 1. The molecule has 18 heavy (non-hydrogen) atoms. The first-order valence-corrected chi connectivity index (χ1v) is 5.78. The zero-order valence-corrected chi connectivity index (χ0v) is 10.1. The standard InChI is InChI=1S/C13H15F3N2/c1-18-8-10(6-7-17-9-13(14,15)16)11-4-2-3-5-12(11)18/h2-5,8,17H,6-7,9H2,1H3. The van der Waals surface area contributed by atoms with Crippen molar-refractivity contribution in [1.29, 1.82) is 0 Å². The minimum atomic E-state index is -4.14. The summed E-state index contributed by atoms with van der Waals surface area (Å²) < 4.78 is 37.9. The smallest absolute Gasteiger partial charge is 0.350 e. The number of hydrogen-bond donors (Lipinski definition) is 1. The van der Waals surface area contributed by atoms with Crippen molar-refractivity contribution in [2.75, 3.05) is 13.1 Å². The van der Waals surface area contributed by atoms with Crippen molar-refractivity contribution in [3.05, 3.63) is 36.0 Å². The third-order valence-corrected chi connectivity index (χ3v) is 2.88. The topological polar surface area (TPSA) is 17.0 Å². The normalized spacial score (nSPS) is 12.2. The predicted molar refractivity (Wildman–Crippen MR) is 65.5 cm³/mol. The molecule has 1 aromatic heterocycles. The van der Waals surface area contributed by atoms with E-state index in [-0.39, 0.29) is 0 Å². The Balaban J connectivity index is 2.00. The van der Waals surface area contributed by atoms with Crippen LogP contribution in [0.5, 0.6) is 0 Å². The zero-order chi connectivity index (χ0) is 13.2. The van der Waals surface area contributed by atoms with Gasteiger partial charge in [0.2, 0.25) is 0 Å². The Labute approximate surface area is 103 Å². The van der Waals surface area contributed by atoms with Crippen LogP contribution in [0, 0.1) is 0 Å². The number of rotatable bonds is 4. The molecule has 5 heteroatoms. The number of nitrogens with zero attached hydrogens (tertiary/aromatic N) is 1. The van der Waals surface area contributed by atoms with Crippen molar-refractivity contribution in [2.45, 2.75) is 12.6 Å². The van der Waals surface area contributed by atoms with Crippen LogP contribution in [0.15, 0.2) is 30.5 Å². The molecule has 2 aromatic rings. The molecule has 0 fully saturated rings. The van der Waals surface area contributed by atoms with E-state index in [1.165, 1.54) is 0 Å². The lowest BCUT2D eigenvalue weighted by Gasteiger charge is -2.07. The Bertz CT molecular complexity index is 529. The Morgan fingerprint density at radius 1 is 1.22 bits per heavy atom. The Kier molecular flexibility index (Phi) is 3.61. The van der Waals surface area contributed by atoms with E-state index in [0.717, 1.165) is 16.5 Å². The van der Waals surface area contributed by atoms with Crippen LogP contribution in [0.3, 0.4) is 0 Å². The fraction of sp³-hybridized carbons (Fsp3) is 0.385. The highest BCUT2D eigenvalue weighted by Crippen LogP contribution is 2.20. The maximum atomic E-state index is 12.0. The molecule has 0 saturated carbocycles. The molecule has 0 aliphatic heterocycles. The molecule has 0 atom stereocenters. The Morgan fingerprint density at radius 3 is 2.67 bits per heavy atom. The summed E-state index contributed by atoms with van der Waals surface area (Å²) in [4.78, 5) is 0. The highest BCUT2D eigenvalue weighted by Gasteiger charge is 2.25. The van der Waals surface area contributed by atoms with Crippen LogP contribution >= 0.6 is 0 Å². The van der Waals surface area contributed by atoms with E-state index in [0.29, 0.717) is 13.0 Å². The van der Waals surface area contributed by atoms with Gasteiger partial charge in [-0.25, -0.2) is 0 Å². The maximum Gasteiger partial charge on any atom is 0.401 e. The van der Waals surface area contributed by atoms with Crippen molar-refractivity contribution in [3.63, 3.8) is 0 Å². The van der Waals surface area contributed by atoms with E-state index >= 15 is 0 Å². The van der Waals surface area contributed by atoms with Crippen LogP contribution < -0.4 is 5.32 Å². The average Bonchev–Trinajstić information content (AvgIpc) is 2.62. The van der Waals surface area contributed by atoms with Crippen LogP contribution in [-0.2, 0) is 13.5 Å². The van der Waals surface area contributed by atoms with Crippen molar-refractivity contribution in [3.8, 4) is 0 Å². The summed E-state index contributed by atoms with van der Waals surface area (Å²) in [6.45, 7) is -0.606. The first-order chi connectivity index (χ1) is 8.47. The quantitative estimate of drug-likeness (QED) is 0.832. The second kappa shape index (κ2) is 5.02. The molecule has 1 heterocycles. The largest absolute Gasteiger partial charge is 0.401 e. The first-order valence-electron chi connectivity index (χ1n) is 5.78.